The molecule has 0 bridgehead atoms. The number of fused-ring (bicyclic) bond motifs is 2. The lowest BCUT2D eigenvalue weighted by molar-refractivity contribution is 0.588. The number of rotatable bonds is 2. The van der Waals surface area contributed by atoms with Gasteiger partial charge in [-0.15, -0.1) is 0 Å². The third kappa shape index (κ3) is 2.84. The van der Waals surface area contributed by atoms with E-state index in [9.17, 15) is 14.4 Å². The number of hydrogen-bond donors (Lipinski definition) is 2. The van der Waals surface area contributed by atoms with Crippen molar-refractivity contribution in [2.75, 3.05) is 0 Å². The molecule has 6 nitrogen and oxygen atoms in total. The molecule has 0 atom stereocenters. The molecule has 0 aliphatic rings. The number of halogens is 1. The van der Waals surface area contributed by atoms with Gasteiger partial charge in [-0.05, 0) is 42.0 Å². The molecule has 138 valence electrons. The number of nitrogens with one attached hydrogen (secondary N) is 2. The number of benzene rings is 2. The molecule has 0 fully saturated rings. The van der Waals surface area contributed by atoms with Crippen LogP contribution in [0.2, 0.25) is 0 Å². The number of aromatic amines is 2. The molecule has 2 aromatic carbocycles. The van der Waals surface area contributed by atoms with Crippen LogP contribution < -0.4 is 5.56 Å². The fourth-order valence-electron chi connectivity index (χ4n) is 3.40. The number of aromatic nitrogens is 4. The number of nitrogens with zero attached hydrogens (tertiary/aromatic N) is 3. The lowest BCUT2D eigenvalue weighted by atomic mass is 9.96. The average molecular weight is 381 g/mol. The van der Waals surface area contributed by atoms with Crippen LogP contribution in [0.25, 0.3) is 44.3 Å². The molecule has 2 N–H and O–H groups in total. The molecule has 29 heavy (non-hydrogen) atoms. The van der Waals surface area contributed by atoms with Gasteiger partial charge < -0.3 is 4.98 Å². The fraction of sp³-hybridized carbons (Fsp3) is 0. The van der Waals surface area contributed by atoms with E-state index in [-0.39, 0.29) is 5.56 Å². The molecular formula is C22H12FN5O. The number of pyridine rings is 2. The fourth-order valence-corrected chi connectivity index (χ4v) is 3.40. The average Bonchev–Trinajstić information content (AvgIpc) is 3.13. The smallest absolute Gasteiger partial charge is 0.249 e. The summed E-state index contributed by atoms with van der Waals surface area (Å²) in [5.41, 5.74) is 4.01. The molecule has 0 amide bonds. The van der Waals surface area contributed by atoms with Gasteiger partial charge in [0.1, 0.15) is 5.65 Å². The van der Waals surface area contributed by atoms with E-state index in [1.807, 2.05) is 18.2 Å². The van der Waals surface area contributed by atoms with E-state index in [0.717, 1.165) is 22.1 Å². The van der Waals surface area contributed by atoms with Gasteiger partial charge in [-0.25, -0.2) is 4.98 Å². The Kier molecular flexibility index (Phi) is 3.71. The summed E-state index contributed by atoms with van der Waals surface area (Å²) in [4.78, 5) is 19.2. The van der Waals surface area contributed by atoms with Gasteiger partial charge in [0.05, 0.1) is 28.2 Å². The Morgan fingerprint density at radius 1 is 1.00 bits per heavy atom. The number of hydrogen-bond acceptors (Lipinski definition) is 4. The van der Waals surface area contributed by atoms with E-state index >= 15 is 0 Å². The summed E-state index contributed by atoms with van der Waals surface area (Å²) in [7, 11) is 0. The monoisotopic (exact) mass is 381 g/mol. The molecule has 5 aromatic rings. The molecule has 0 aliphatic carbocycles. The van der Waals surface area contributed by atoms with Crippen LogP contribution in [-0.2, 0) is 0 Å². The molecule has 3 heterocycles. The van der Waals surface area contributed by atoms with Crippen LogP contribution in [0.3, 0.4) is 0 Å². The van der Waals surface area contributed by atoms with Gasteiger partial charge in [-0.3, -0.25) is 9.89 Å². The quantitative estimate of drug-likeness (QED) is 0.480. The molecule has 0 spiro atoms. The first-order chi connectivity index (χ1) is 14.1. The van der Waals surface area contributed by atoms with Crippen LogP contribution in [-0.4, -0.2) is 20.2 Å². The van der Waals surface area contributed by atoms with E-state index in [0.29, 0.717) is 27.8 Å². The van der Waals surface area contributed by atoms with Crippen LogP contribution in [0, 0.1) is 17.3 Å². The van der Waals surface area contributed by atoms with E-state index in [2.05, 4.69) is 26.2 Å². The van der Waals surface area contributed by atoms with Gasteiger partial charge in [0.2, 0.25) is 11.5 Å². The van der Waals surface area contributed by atoms with Crippen LogP contribution >= 0.6 is 0 Å². The predicted molar refractivity (Wildman–Crippen MR) is 108 cm³/mol. The standard InChI is InChI=1S/C22H12FN5O/c23-21-17-9-13(4-6-18(17)27-28-21)16-10-15-5-7-19(29)25-22(15)26-20(16)14-3-1-2-12(8-14)11-24/h1-10H,(H,27,28)(H,25,26,29). The van der Waals surface area contributed by atoms with Crippen molar-refractivity contribution in [1.82, 2.24) is 20.2 Å². The van der Waals surface area contributed by atoms with Crippen molar-refractivity contribution < 1.29 is 4.39 Å². The largest absolute Gasteiger partial charge is 0.307 e. The zero-order valence-electron chi connectivity index (χ0n) is 14.9. The molecule has 7 heteroatoms. The first-order valence-corrected chi connectivity index (χ1v) is 8.81. The highest BCUT2D eigenvalue weighted by Crippen LogP contribution is 2.34. The Hall–Kier alpha value is -4.31. The van der Waals surface area contributed by atoms with Crippen molar-refractivity contribution in [2.45, 2.75) is 0 Å². The van der Waals surface area contributed by atoms with Crippen LogP contribution in [0.5, 0.6) is 0 Å². The molecular weight excluding hydrogens is 369 g/mol. The van der Waals surface area contributed by atoms with Gasteiger partial charge in [0.15, 0.2) is 0 Å². The van der Waals surface area contributed by atoms with Crippen molar-refractivity contribution in [3.05, 3.63) is 82.5 Å². The van der Waals surface area contributed by atoms with Gasteiger partial charge >= 0.3 is 0 Å². The predicted octanol–water partition coefficient (Wildman–Crippen LogP) is 4.14. The second kappa shape index (κ2) is 6.39. The van der Waals surface area contributed by atoms with Crippen molar-refractivity contribution in [2.24, 2.45) is 0 Å². The highest BCUT2D eigenvalue weighted by molar-refractivity contribution is 5.93. The molecule has 0 radical (unpaired) electrons. The summed E-state index contributed by atoms with van der Waals surface area (Å²) in [6, 6.07) is 19.5. The van der Waals surface area contributed by atoms with E-state index in [1.165, 1.54) is 6.07 Å². The minimum Gasteiger partial charge on any atom is -0.307 e. The Balaban J connectivity index is 1.84. The maximum Gasteiger partial charge on any atom is 0.249 e. The van der Waals surface area contributed by atoms with E-state index in [1.54, 1.807) is 36.4 Å². The van der Waals surface area contributed by atoms with E-state index < -0.39 is 5.95 Å². The zero-order chi connectivity index (χ0) is 20.0. The first-order valence-electron chi connectivity index (χ1n) is 8.81. The normalized spacial score (nSPS) is 11.0. The van der Waals surface area contributed by atoms with Crippen molar-refractivity contribution in [1.29, 1.82) is 5.26 Å². The molecule has 3 aromatic heterocycles. The Labute approximate surface area is 163 Å². The van der Waals surface area contributed by atoms with E-state index in [4.69, 9.17) is 0 Å². The molecule has 5 rings (SSSR count). The summed E-state index contributed by atoms with van der Waals surface area (Å²) in [5, 5.41) is 16.6. The second-order valence-corrected chi connectivity index (χ2v) is 6.61. The van der Waals surface area contributed by atoms with Crippen LogP contribution in [0.15, 0.2) is 65.5 Å². The summed E-state index contributed by atoms with van der Waals surface area (Å²) >= 11 is 0. The van der Waals surface area contributed by atoms with Crippen molar-refractivity contribution in [3.8, 4) is 28.5 Å². The van der Waals surface area contributed by atoms with Crippen LogP contribution in [0.4, 0.5) is 4.39 Å². The molecule has 0 saturated carbocycles. The van der Waals surface area contributed by atoms with Crippen LogP contribution in [0.1, 0.15) is 5.56 Å². The van der Waals surface area contributed by atoms with Crippen molar-refractivity contribution >= 4 is 21.9 Å². The molecule has 0 unspecified atom stereocenters. The van der Waals surface area contributed by atoms with Gasteiger partial charge in [0.25, 0.3) is 0 Å². The Morgan fingerprint density at radius 2 is 1.90 bits per heavy atom. The molecule has 0 saturated heterocycles. The SMILES string of the molecule is N#Cc1cccc(-c2nc3[nH]c(=O)ccc3cc2-c2ccc3n[nH]c(F)c3c2)c1. The minimum atomic E-state index is -0.507. The lowest BCUT2D eigenvalue weighted by Crippen LogP contribution is -2.04. The van der Waals surface area contributed by atoms with Gasteiger partial charge in [-0.1, -0.05) is 18.2 Å². The first kappa shape index (κ1) is 16.8. The summed E-state index contributed by atoms with van der Waals surface area (Å²) < 4.78 is 14.1. The highest BCUT2D eigenvalue weighted by atomic mass is 19.1. The maximum absolute atomic E-state index is 14.1. The zero-order valence-corrected chi connectivity index (χ0v) is 14.9. The Bertz CT molecular complexity index is 1510. The Morgan fingerprint density at radius 3 is 2.76 bits per heavy atom. The number of H-pyrrole nitrogens is 2. The second-order valence-electron chi connectivity index (χ2n) is 6.61. The summed E-state index contributed by atoms with van der Waals surface area (Å²) in [5.74, 6) is -0.507. The van der Waals surface area contributed by atoms with Crippen molar-refractivity contribution in [3.63, 3.8) is 0 Å². The van der Waals surface area contributed by atoms with Gasteiger partial charge in [-0.2, -0.15) is 14.8 Å². The topological polar surface area (TPSA) is 98.2 Å². The molecule has 0 aliphatic heterocycles. The number of nitriles is 1. The summed E-state index contributed by atoms with van der Waals surface area (Å²) in [6.07, 6.45) is 0. The third-order valence-electron chi connectivity index (χ3n) is 4.79. The minimum absolute atomic E-state index is 0.253. The summed E-state index contributed by atoms with van der Waals surface area (Å²) in [6.45, 7) is 0. The lowest BCUT2D eigenvalue weighted by Gasteiger charge is -2.12. The van der Waals surface area contributed by atoms with Gasteiger partial charge in [0, 0.05) is 22.6 Å². The maximum atomic E-state index is 14.1. The highest BCUT2D eigenvalue weighted by Gasteiger charge is 2.14. The third-order valence-corrected chi connectivity index (χ3v) is 4.79.